The highest BCUT2D eigenvalue weighted by atomic mass is 16.3. The van der Waals surface area contributed by atoms with Crippen LogP contribution in [-0.4, -0.2) is 5.11 Å². The van der Waals surface area contributed by atoms with Gasteiger partial charge in [0.2, 0.25) is 0 Å². The van der Waals surface area contributed by atoms with Gasteiger partial charge in [-0.05, 0) is 23.3 Å². The van der Waals surface area contributed by atoms with Crippen molar-refractivity contribution >= 4 is 17.0 Å². The fourth-order valence-corrected chi connectivity index (χ4v) is 2.12. The van der Waals surface area contributed by atoms with Crippen LogP contribution in [0.25, 0.3) is 28.2 Å². The molecule has 1 aromatic heterocycles. The quantitative estimate of drug-likeness (QED) is 0.765. The maximum atomic E-state index is 12.4. The van der Waals surface area contributed by atoms with E-state index in [-0.39, 0.29) is 11.2 Å². The van der Waals surface area contributed by atoms with E-state index in [2.05, 4.69) is 6.58 Å². The molecule has 0 fully saturated rings. The lowest BCUT2D eigenvalue weighted by atomic mass is 10.0. The van der Waals surface area contributed by atoms with Crippen LogP contribution in [0, 0.1) is 0 Å². The molecule has 0 saturated heterocycles. The Kier molecular flexibility index (Phi) is 2.88. The Morgan fingerprint density at radius 1 is 1.10 bits per heavy atom. The number of phenols is 1. The second-order valence-corrected chi connectivity index (χ2v) is 4.49. The molecule has 0 aliphatic heterocycles. The summed E-state index contributed by atoms with van der Waals surface area (Å²) in [7, 11) is 0. The number of rotatable bonds is 2. The van der Waals surface area contributed by atoms with Crippen LogP contribution in [0.4, 0.5) is 0 Å². The zero-order valence-corrected chi connectivity index (χ0v) is 10.7. The standard InChI is InChI=1S/C17H12O3/c1-2-11-3-5-12(6-4-11)15-10-20-16-9-13(18)7-8-14(16)17(15)19/h2-10,18H,1H2. The molecule has 0 atom stereocenters. The van der Waals surface area contributed by atoms with Crippen molar-refractivity contribution in [2.75, 3.05) is 0 Å². The van der Waals surface area contributed by atoms with Crippen molar-refractivity contribution in [3.63, 3.8) is 0 Å². The van der Waals surface area contributed by atoms with Crippen LogP contribution < -0.4 is 5.43 Å². The second kappa shape index (κ2) is 4.70. The van der Waals surface area contributed by atoms with Gasteiger partial charge in [-0.1, -0.05) is 36.9 Å². The molecule has 3 aromatic rings. The van der Waals surface area contributed by atoms with Gasteiger partial charge in [0.15, 0.2) is 5.43 Å². The van der Waals surface area contributed by atoms with Gasteiger partial charge < -0.3 is 9.52 Å². The summed E-state index contributed by atoms with van der Waals surface area (Å²) in [5, 5.41) is 9.85. The third-order valence-corrected chi connectivity index (χ3v) is 3.22. The molecule has 3 rings (SSSR count). The summed E-state index contributed by atoms with van der Waals surface area (Å²) < 4.78 is 5.44. The fourth-order valence-electron chi connectivity index (χ4n) is 2.12. The predicted molar refractivity (Wildman–Crippen MR) is 79.7 cm³/mol. The summed E-state index contributed by atoms with van der Waals surface area (Å²) in [5.41, 5.74) is 2.54. The summed E-state index contributed by atoms with van der Waals surface area (Å²) >= 11 is 0. The first-order chi connectivity index (χ1) is 9.69. The van der Waals surface area contributed by atoms with Gasteiger partial charge in [0.05, 0.1) is 10.9 Å². The summed E-state index contributed by atoms with van der Waals surface area (Å²) in [5.74, 6) is 0.0729. The molecule has 2 aromatic carbocycles. The maximum Gasteiger partial charge on any atom is 0.200 e. The van der Waals surface area contributed by atoms with E-state index < -0.39 is 0 Å². The molecule has 0 aliphatic rings. The maximum absolute atomic E-state index is 12.4. The molecule has 1 N–H and O–H groups in total. The number of hydrogen-bond donors (Lipinski definition) is 1. The SMILES string of the molecule is C=Cc1ccc(-c2coc3cc(O)ccc3c2=O)cc1. The Bertz CT molecular complexity index is 842. The van der Waals surface area contributed by atoms with Crippen molar-refractivity contribution < 1.29 is 9.52 Å². The van der Waals surface area contributed by atoms with Crippen molar-refractivity contribution in [2.45, 2.75) is 0 Å². The van der Waals surface area contributed by atoms with E-state index in [1.165, 1.54) is 18.4 Å². The number of aromatic hydroxyl groups is 1. The molecule has 0 saturated carbocycles. The lowest BCUT2D eigenvalue weighted by Gasteiger charge is -2.03. The van der Waals surface area contributed by atoms with E-state index in [0.29, 0.717) is 16.5 Å². The van der Waals surface area contributed by atoms with Gasteiger partial charge in [0, 0.05) is 6.07 Å². The second-order valence-electron chi connectivity index (χ2n) is 4.49. The monoisotopic (exact) mass is 264 g/mol. The molecule has 0 bridgehead atoms. The van der Waals surface area contributed by atoms with Crippen LogP contribution >= 0.6 is 0 Å². The third kappa shape index (κ3) is 1.99. The van der Waals surface area contributed by atoms with E-state index in [0.717, 1.165) is 11.1 Å². The summed E-state index contributed by atoms with van der Waals surface area (Å²) in [6.07, 6.45) is 3.17. The van der Waals surface area contributed by atoms with Crippen molar-refractivity contribution in [1.29, 1.82) is 0 Å². The molecule has 0 aliphatic carbocycles. The molecule has 0 amide bonds. The topological polar surface area (TPSA) is 50.4 Å². The molecular weight excluding hydrogens is 252 g/mol. The van der Waals surface area contributed by atoms with E-state index >= 15 is 0 Å². The van der Waals surface area contributed by atoms with E-state index in [9.17, 15) is 9.90 Å². The Balaban J connectivity index is 2.21. The van der Waals surface area contributed by atoms with Crippen LogP contribution in [0.3, 0.4) is 0 Å². The van der Waals surface area contributed by atoms with E-state index in [1.807, 2.05) is 24.3 Å². The molecule has 0 spiro atoms. The molecule has 3 nitrogen and oxygen atoms in total. The van der Waals surface area contributed by atoms with Gasteiger partial charge in [0.25, 0.3) is 0 Å². The minimum absolute atomic E-state index is 0.0729. The Hall–Kier alpha value is -2.81. The number of phenolic OH excluding ortho intramolecular Hbond substituents is 1. The third-order valence-electron chi connectivity index (χ3n) is 3.22. The first kappa shape index (κ1) is 12.2. The molecular formula is C17H12O3. The first-order valence-electron chi connectivity index (χ1n) is 6.16. The number of fused-ring (bicyclic) bond motifs is 1. The highest BCUT2D eigenvalue weighted by molar-refractivity contribution is 5.82. The number of benzene rings is 2. The predicted octanol–water partition coefficient (Wildman–Crippen LogP) is 3.81. The fraction of sp³-hybridized carbons (Fsp3) is 0. The van der Waals surface area contributed by atoms with Crippen LogP contribution in [-0.2, 0) is 0 Å². The van der Waals surface area contributed by atoms with Crippen LogP contribution in [0.15, 0.2) is 64.5 Å². The summed E-state index contributed by atoms with van der Waals surface area (Å²) in [6, 6.07) is 12.0. The lowest BCUT2D eigenvalue weighted by Crippen LogP contribution is -2.04. The van der Waals surface area contributed by atoms with E-state index in [4.69, 9.17) is 4.42 Å². The zero-order chi connectivity index (χ0) is 14.1. The van der Waals surface area contributed by atoms with Crippen molar-refractivity contribution in [2.24, 2.45) is 0 Å². The lowest BCUT2D eigenvalue weighted by molar-refractivity contribution is 0.474. The van der Waals surface area contributed by atoms with Crippen LogP contribution in [0.5, 0.6) is 5.75 Å². The Morgan fingerprint density at radius 3 is 2.55 bits per heavy atom. The number of hydrogen-bond acceptors (Lipinski definition) is 3. The van der Waals surface area contributed by atoms with Gasteiger partial charge in [-0.3, -0.25) is 4.79 Å². The van der Waals surface area contributed by atoms with Gasteiger partial charge in [-0.2, -0.15) is 0 Å². The van der Waals surface area contributed by atoms with Gasteiger partial charge in [-0.25, -0.2) is 0 Å². The van der Waals surface area contributed by atoms with Gasteiger partial charge >= 0.3 is 0 Å². The average molecular weight is 264 g/mol. The highest BCUT2D eigenvalue weighted by Crippen LogP contribution is 2.22. The molecule has 1 heterocycles. The normalized spacial score (nSPS) is 10.6. The van der Waals surface area contributed by atoms with E-state index in [1.54, 1.807) is 12.1 Å². The zero-order valence-electron chi connectivity index (χ0n) is 10.7. The van der Waals surface area contributed by atoms with Crippen LogP contribution in [0.2, 0.25) is 0 Å². The largest absolute Gasteiger partial charge is 0.508 e. The molecule has 98 valence electrons. The Morgan fingerprint density at radius 2 is 1.85 bits per heavy atom. The highest BCUT2D eigenvalue weighted by Gasteiger charge is 2.09. The molecule has 0 radical (unpaired) electrons. The Labute approximate surface area is 115 Å². The van der Waals surface area contributed by atoms with Crippen molar-refractivity contribution in [3.8, 4) is 16.9 Å². The average Bonchev–Trinajstić information content (AvgIpc) is 2.48. The summed E-state index contributed by atoms with van der Waals surface area (Å²) in [6.45, 7) is 3.70. The minimum Gasteiger partial charge on any atom is -0.508 e. The van der Waals surface area contributed by atoms with Crippen molar-refractivity contribution in [3.05, 3.63) is 71.1 Å². The van der Waals surface area contributed by atoms with Crippen LogP contribution in [0.1, 0.15) is 5.56 Å². The molecule has 3 heteroatoms. The summed E-state index contributed by atoms with van der Waals surface area (Å²) in [4.78, 5) is 12.4. The van der Waals surface area contributed by atoms with Gasteiger partial charge in [0.1, 0.15) is 17.6 Å². The van der Waals surface area contributed by atoms with Crippen molar-refractivity contribution in [1.82, 2.24) is 0 Å². The van der Waals surface area contributed by atoms with Gasteiger partial charge in [-0.15, -0.1) is 0 Å². The first-order valence-corrected chi connectivity index (χ1v) is 6.16. The molecule has 0 unspecified atom stereocenters. The molecule has 20 heavy (non-hydrogen) atoms. The smallest absolute Gasteiger partial charge is 0.200 e. The minimum atomic E-state index is -0.113.